The van der Waals surface area contributed by atoms with Gasteiger partial charge in [-0.05, 0) is 36.2 Å². The van der Waals surface area contributed by atoms with Gasteiger partial charge in [-0.3, -0.25) is 9.48 Å². The Labute approximate surface area is 171 Å². The fraction of sp³-hybridized carbons (Fsp3) is 0.250. The summed E-state index contributed by atoms with van der Waals surface area (Å²) in [5, 5.41) is 19.6. The van der Waals surface area contributed by atoms with Crippen molar-refractivity contribution in [1.82, 2.24) is 34.9 Å². The summed E-state index contributed by atoms with van der Waals surface area (Å²) in [5.41, 5.74) is 2.39. The number of amides is 1. The van der Waals surface area contributed by atoms with Crippen molar-refractivity contribution in [2.75, 3.05) is 18.0 Å². The van der Waals surface area contributed by atoms with Gasteiger partial charge in [0.15, 0.2) is 5.65 Å². The molecule has 1 fully saturated rings. The number of halogens is 1. The fourth-order valence-electron chi connectivity index (χ4n) is 3.64. The highest BCUT2D eigenvalue weighted by Crippen LogP contribution is 2.20. The van der Waals surface area contributed by atoms with Gasteiger partial charge >= 0.3 is 0 Å². The third-order valence-corrected chi connectivity index (χ3v) is 5.14. The van der Waals surface area contributed by atoms with E-state index in [0.717, 1.165) is 29.9 Å². The summed E-state index contributed by atoms with van der Waals surface area (Å²) in [6.45, 7) is 1.62. The van der Waals surface area contributed by atoms with Crippen molar-refractivity contribution in [3.05, 3.63) is 60.9 Å². The highest BCUT2D eigenvalue weighted by atomic mass is 19.1. The van der Waals surface area contributed by atoms with Crippen molar-refractivity contribution in [3.8, 4) is 11.1 Å². The molecule has 0 bridgehead atoms. The molecule has 1 aromatic carbocycles. The Morgan fingerprint density at radius 2 is 2.03 bits per heavy atom. The van der Waals surface area contributed by atoms with Crippen LogP contribution in [0.15, 0.2) is 55.1 Å². The lowest BCUT2D eigenvalue weighted by molar-refractivity contribution is -0.122. The van der Waals surface area contributed by atoms with Gasteiger partial charge in [0.2, 0.25) is 5.91 Å². The maximum Gasteiger partial charge on any atom is 0.242 e. The molecule has 1 aliphatic rings. The van der Waals surface area contributed by atoms with Gasteiger partial charge < -0.3 is 10.2 Å². The average Bonchev–Trinajstić information content (AvgIpc) is 3.48. The lowest BCUT2D eigenvalue weighted by atomic mass is 10.1. The molecule has 10 heteroatoms. The van der Waals surface area contributed by atoms with E-state index in [9.17, 15) is 9.18 Å². The molecule has 3 aromatic heterocycles. The summed E-state index contributed by atoms with van der Waals surface area (Å²) < 4.78 is 16.3. The second-order valence-electron chi connectivity index (χ2n) is 7.26. The number of aromatic nitrogens is 6. The molecule has 9 nitrogen and oxygen atoms in total. The molecule has 30 heavy (non-hydrogen) atoms. The predicted molar refractivity (Wildman–Crippen MR) is 107 cm³/mol. The number of nitrogens with zero attached hydrogens (tertiary/aromatic N) is 7. The Kier molecular flexibility index (Phi) is 4.58. The zero-order chi connectivity index (χ0) is 20.5. The molecule has 152 valence electrons. The number of hydrogen-bond donors (Lipinski definition) is 1. The number of hydrogen-bond acceptors (Lipinski definition) is 6. The number of carbonyl (C=O) groups excluding carboxylic acids is 1. The molecular formula is C20H19FN8O. The van der Waals surface area contributed by atoms with E-state index < -0.39 is 0 Å². The lowest BCUT2D eigenvalue weighted by Crippen LogP contribution is -2.39. The molecule has 1 aliphatic heterocycles. The SMILES string of the molecule is O=C(Cn1cc(-c2ccc(F)cc2)cn1)N[C@@H]1CCN(c2ccc3nncn3n2)C1. The van der Waals surface area contributed by atoms with Crippen LogP contribution in [0.4, 0.5) is 10.2 Å². The summed E-state index contributed by atoms with van der Waals surface area (Å²) in [6.07, 6.45) is 5.86. The summed E-state index contributed by atoms with van der Waals surface area (Å²) in [7, 11) is 0. The van der Waals surface area contributed by atoms with Crippen LogP contribution >= 0.6 is 0 Å². The molecule has 1 amide bonds. The smallest absolute Gasteiger partial charge is 0.242 e. The van der Waals surface area contributed by atoms with E-state index in [0.29, 0.717) is 12.2 Å². The van der Waals surface area contributed by atoms with Crippen molar-refractivity contribution in [2.45, 2.75) is 19.0 Å². The Morgan fingerprint density at radius 1 is 1.17 bits per heavy atom. The van der Waals surface area contributed by atoms with E-state index in [-0.39, 0.29) is 24.3 Å². The lowest BCUT2D eigenvalue weighted by Gasteiger charge is -2.17. The van der Waals surface area contributed by atoms with Crippen LogP contribution in [0.1, 0.15) is 6.42 Å². The zero-order valence-electron chi connectivity index (χ0n) is 16.0. The first kappa shape index (κ1) is 18.2. The second kappa shape index (κ2) is 7.54. The van der Waals surface area contributed by atoms with E-state index in [1.807, 2.05) is 12.1 Å². The predicted octanol–water partition coefficient (Wildman–Crippen LogP) is 1.52. The molecule has 5 rings (SSSR count). The minimum Gasteiger partial charge on any atom is -0.353 e. The van der Waals surface area contributed by atoms with E-state index in [1.165, 1.54) is 12.1 Å². The van der Waals surface area contributed by atoms with Gasteiger partial charge in [-0.1, -0.05) is 12.1 Å². The average molecular weight is 406 g/mol. The molecular weight excluding hydrogens is 387 g/mol. The quantitative estimate of drug-likeness (QED) is 0.540. The molecule has 0 unspecified atom stereocenters. The number of fused-ring (bicyclic) bond motifs is 1. The Balaban J connectivity index is 1.18. The van der Waals surface area contributed by atoms with Crippen LogP contribution in [-0.2, 0) is 11.3 Å². The summed E-state index contributed by atoms with van der Waals surface area (Å²) in [4.78, 5) is 14.6. The first-order chi connectivity index (χ1) is 14.6. The first-order valence-electron chi connectivity index (χ1n) is 9.64. The molecule has 1 saturated heterocycles. The third kappa shape index (κ3) is 3.71. The highest BCUT2D eigenvalue weighted by molar-refractivity contribution is 5.76. The molecule has 4 aromatic rings. The van der Waals surface area contributed by atoms with E-state index >= 15 is 0 Å². The maximum atomic E-state index is 13.1. The van der Waals surface area contributed by atoms with Crippen LogP contribution in [0.25, 0.3) is 16.8 Å². The van der Waals surface area contributed by atoms with Gasteiger partial charge in [0, 0.05) is 30.9 Å². The molecule has 1 N–H and O–H groups in total. The first-order valence-corrected chi connectivity index (χ1v) is 9.64. The van der Waals surface area contributed by atoms with Crippen molar-refractivity contribution in [2.24, 2.45) is 0 Å². The van der Waals surface area contributed by atoms with Gasteiger partial charge in [-0.2, -0.15) is 9.61 Å². The Bertz CT molecular complexity index is 1180. The monoisotopic (exact) mass is 406 g/mol. The van der Waals surface area contributed by atoms with Crippen LogP contribution < -0.4 is 10.2 Å². The van der Waals surface area contributed by atoms with Gasteiger partial charge in [-0.25, -0.2) is 4.39 Å². The number of benzene rings is 1. The van der Waals surface area contributed by atoms with Crippen LogP contribution in [0.3, 0.4) is 0 Å². The summed E-state index contributed by atoms with van der Waals surface area (Å²) >= 11 is 0. The van der Waals surface area contributed by atoms with Crippen molar-refractivity contribution in [3.63, 3.8) is 0 Å². The van der Waals surface area contributed by atoms with Crippen LogP contribution in [0, 0.1) is 5.82 Å². The van der Waals surface area contributed by atoms with Crippen LogP contribution in [0.5, 0.6) is 0 Å². The largest absolute Gasteiger partial charge is 0.353 e. The number of nitrogens with one attached hydrogen (secondary N) is 1. The van der Waals surface area contributed by atoms with E-state index in [1.54, 1.807) is 40.1 Å². The molecule has 1 atom stereocenters. The van der Waals surface area contributed by atoms with E-state index in [4.69, 9.17) is 0 Å². The standard InChI is InChI=1S/C20H19FN8O/c21-16-3-1-14(2-4-16)15-9-23-28(10-15)12-20(30)24-17-7-8-27(11-17)19-6-5-18-25-22-13-29(18)26-19/h1-6,9-10,13,17H,7-8,11-12H2,(H,24,30)/t17-/m1/s1. The molecule has 4 heterocycles. The van der Waals surface area contributed by atoms with Gasteiger partial charge in [0.05, 0.1) is 6.20 Å². The van der Waals surface area contributed by atoms with Gasteiger partial charge in [-0.15, -0.1) is 15.3 Å². The van der Waals surface area contributed by atoms with Crippen molar-refractivity contribution < 1.29 is 9.18 Å². The van der Waals surface area contributed by atoms with Gasteiger partial charge in [0.1, 0.15) is 24.5 Å². The highest BCUT2D eigenvalue weighted by Gasteiger charge is 2.25. The normalized spacial score (nSPS) is 16.3. The Morgan fingerprint density at radius 3 is 2.90 bits per heavy atom. The number of carbonyl (C=O) groups is 1. The van der Waals surface area contributed by atoms with Crippen molar-refractivity contribution >= 4 is 17.4 Å². The molecule has 0 aliphatic carbocycles. The van der Waals surface area contributed by atoms with Crippen molar-refractivity contribution in [1.29, 1.82) is 0 Å². The van der Waals surface area contributed by atoms with Gasteiger partial charge in [0.25, 0.3) is 0 Å². The topological polar surface area (TPSA) is 93.2 Å². The molecule has 0 radical (unpaired) electrons. The fourth-order valence-corrected chi connectivity index (χ4v) is 3.64. The van der Waals surface area contributed by atoms with Crippen LogP contribution in [0.2, 0.25) is 0 Å². The zero-order valence-corrected chi connectivity index (χ0v) is 16.0. The second-order valence-corrected chi connectivity index (χ2v) is 7.26. The van der Waals surface area contributed by atoms with E-state index in [2.05, 4.69) is 30.6 Å². The number of rotatable bonds is 5. The summed E-state index contributed by atoms with van der Waals surface area (Å²) in [5.74, 6) is 0.445. The molecule has 0 spiro atoms. The third-order valence-electron chi connectivity index (χ3n) is 5.14. The Hall–Kier alpha value is -3.82. The molecule has 0 saturated carbocycles. The maximum absolute atomic E-state index is 13.1. The minimum absolute atomic E-state index is 0.0445. The minimum atomic E-state index is -0.284. The number of anilines is 1. The van der Waals surface area contributed by atoms with Crippen LogP contribution in [-0.4, -0.2) is 54.6 Å². The summed E-state index contributed by atoms with van der Waals surface area (Å²) in [6, 6.07) is 10.0.